The number of aldehydes is 1. The Balaban J connectivity index is 5.42. The van der Waals surface area contributed by atoms with E-state index < -0.39 is 73.6 Å². The maximum Gasteiger partial charge on any atom is 0.209 e. The van der Waals surface area contributed by atoms with E-state index in [1.54, 1.807) is 0 Å². The van der Waals surface area contributed by atoms with Crippen LogP contribution in [0.25, 0.3) is 0 Å². The first-order chi connectivity index (χ1) is 11.0. The molecule has 0 aliphatic rings. The Morgan fingerprint density at radius 1 is 0.833 bits per heavy atom. The number of rotatable bonds is 11. The highest BCUT2D eigenvalue weighted by Gasteiger charge is 2.52. The summed E-state index contributed by atoms with van der Waals surface area (Å²) in [6.07, 6.45) is -17.1. The predicted octanol–water partition coefficient (Wildman–Crippen LogP) is -7.00. The summed E-state index contributed by atoms with van der Waals surface area (Å²) in [7, 11) is 0. The molecule has 0 aliphatic heterocycles. The smallest absolute Gasteiger partial charge is 0.209 e. The van der Waals surface area contributed by atoms with Gasteiger partial charge in [-0.2, -0.15) is 0 Å². The van der Waals surface area contributed by atoms with Crippen molar-refractivity contribution in [1.29, 1.82) is 0 Å². The van der Waals surface area contributed by atoms with Crippen molar-refractivity contribution in [2.24, 2.45) is 0 Å². The van der Waals surface area contributed by atoms with Crippen LogP contribution in [0.2, 0.25) is 0 Å². The number of hydrogen-bond acceptors (Lipinski definition) is 12. The average molecular weight is 358 g/mol. The Kier molecular flexibility index (Phi) is 9.01. The van der Waals surface area contributed by atoms with E-state index >= 15 is 0 Å². The maximum atomic E-state index is 11.9. The summed E-state index contributed by atoms with van der Waals surface area (Å²) in [6.45, 7) is -2.16. The molecule has 0 aromatic carbocycles. The molecule has 0 fully saturated rings. The third-order valence-electron chi connectivity index (χ3n) is 3.45. The lowest BCUT2D eigenvalue weighted by Gasteiger charge is -2.34. The lowest BCUT2D eigenvalue weighted by Crippen LogP contribution is -2.64. The van der Waals surface area contributed by atoms with E-state index in [1.165, 1.54) is 0 Å². The van der Waals surface area contributed by atoms with Crippen LogP contribution in [0.3, 0.4) is 0 Å². The Labute approximate surface area is 135 Å². The molecule has 10 N–H and O–H groups in total. The number of aliphatic hydroxyl groups is 10. The fraction of sp³-hybridized carbons (Fsp3) is 0.833. The lowest BCUT2D eigenvalue weighted by atomic mass is 9.83. The quantitative estimate of drug-likeness (QED) is 0.122. The van der Waals surface area contributed by atoms with Crippen LogP contribution in [0.5, 0.6) is 0 Å². The number of hydrogen-bond donors (Lipinski definition) is 10. The van der Waals surface area contributed by atoms with Crippen LogP contribution >= 0.6 is 0 Å². The highest BCUT2D eigenvalue weighted by atomic mass is 16.4. The number of carbonyl (C=O) groups is 2. The van der Waals surface area contributed by atoms with Gasteiger partial charge in [0, 0.05) is 0 Å². The van der Waals surface area contributed by atoms with Gasteiger partial charge in [0.2, 0.25) is 11.4 Å². The molecule has 142 valence electrons. The molecule has 0 saturated heterocycles. The minimum Gasteiger partial charge on any atom is -0.394 e. The molecule has 8 atom stereocenters. The summed E-state index contributed by atoms with van der Waals surface area (Å²) in [4.78, 5) is 22.9. The molecule has 24 heavy (non-hydrogen) atoms. The standard InChI is InChI=1S/C12H22O12/c13-1-4(16)6(18)8(20)9(21)11(23)12(24,3-15)10(22)7(19)5(17)2-14/h3-10,13-14,16-22,24H,1-2H2/t4-,5-,6-,7-,8+,9+,10+,12-/m1/s1. The predicted molar refractivity (Wildman–Crippen MR) is 72.2 cm³/mol. The fourth-order valence-electron chi connectivity index (χ4n) is 1.77. The van der Waals surface area contributed by atoms with E-state index in [-0.39, 0.29) is 0 Å². The summed E-state index contributed by atoms with van der Waals surface area (Å²) in [5.41, 5.74) is -3.51. The summed E-state index contributed by atoms with van der Waals surface area (Å²) in [5, 5.41) is 93.1. The molecule has 0 saturated carbocycles. The number of carbonyl (C=O) groups excluding carboxylic acids is 2. The molecule has 12 heteroatoms. The average Bonchev–Trinajstić information content (AvgIpc) is 2.61. The highest BCUT2D eigenvalue weighted by Crippen LogP contribution is 2.20. The number of ketones is 1. The summed E-state index contributed by atoms with van der Waals surface area (Å²) < 4.78 is 0. The van der Waals surface area contributed by atoms with Crippen LogP contribution < -0.4 is 0 Å². The first-order valence-corrected chi connectivity index (χ1v) is 6.70. The van der Waals surface area contributed by atoms with E-state index in [0.717, 1.165) is 0 Å². The Morgan fingerprint density at radius 3 is 1.62 bits per heavy atom. The normalized spacial score (nSPS) is 23.2. The van der Waals surface area contributed by atoms with Crippen LogP contribution in [0.1, 0.15) is 0 Å². The molecule has 12 nitrogen and oxygen atoms in total. The number of Topliss-reactive ketones (excluding diaryl/α,β-unsaturated/α-hetero) is 1. The maximum absolute atomic E-state index is 11.9. The van der Waals surface area contributed by atoms with Crippen molar-refractivity contribution in [3.63, 3.8) is 0 Å². The highest BCUT2D eigenvalue weighted by molar-refractivity contribution is 6.04. The Morgan fingerprint density at radius 2 is 1.25 bits per heavy atom. The van der Waals surface area contributed by atoms with Gasteiger partial charge in [0.05, 0.1) is 13.2 Å². The van der Waals surface area contributed by atoms with Gasteiger partial charge < -0.3 is 51.1 Å². The zero-order chi connectivity index (χ0) is 19.2. The van der Waals surface area contributed by atoms with Gasteiger partial charge in [-0.15, -0.1) is 0 Å². The molecule has 0 bridgehead atoms. The van der Waals surface area contributed by atoms with Gasteiger partial charge in [-0.1, -0.05) is 0 Å². The first kappa shape index (κ1) is 22.9. The largest absolute Gasteiger partial charge is 0.394 e. The fourth-order valence-corrected chi connectivity index (χ4v) is 1.77. The molecule has 0 rings (SSSR count). The third-order valence-corrected chi connectivity index (χ3v) is 3.45. The van der Waals surface area contributed by atoms with E-state index in [9.17, 15) is 40.2 Å². The van der Waals surface area contributed by atoms with Crippen LogP contribution in [-0.2, 0) is 9.59 Å². The van der Waals surface area contributed by atoms with Gasteiger partial charge in [-0.3, -0.25) is 9.59 Å². The van der Waals surface area contributed by atoms with E-state index in [2.05, 4.69) is 0 Å². The van der Waals surface area contributed by atoms with Crippen molar-refractivity contribution in [2.45, 2.75) is 48.3 Å². The molecule has 0 aliphatic carbocycles. The van der Waals surface area contributed by atoms with Crippen molar-refractivity contribution in [3.8, 4) is 0 Å². The lowest BCUT2D eigenvalue weighted by molar-refractivity contribution is -0.187. The van der Waals surface area contributed by atoms with Crippen molar-refractivity contribution < 1.29 is 60.7 Å². The zero-order valence-electron chi connectivity index (χ0n) is 12.3. The molecule has 0 aromatic rings. The molecule has 0 radical (unpaired) electrons. The van der Waals surface area contributed by atoms with Crippen LogP contribution in [0.4, 0.5) is 0 Å². The molecule has 0 heterocycles. The second-order valence-corrected chi connectivity index (χ2v) is 5.17. The molecule has 0 aromatic heterocycles. The van der Waals surface area contributed by atoms with Gasteiger partial charge in [-0.25, -0.2) is 0 Å². The minimum atomic E-state index is -3.51. The molecule has 0 amide bonds. The number of aliphatic hydroxyl groups excluding tert-OH is 9. The molecule has 0 unspecified atom stereocenters. The van der Waals surface area contributed by atoms with E-state index in [1.807, 2.05) is 0 Å². The summed E-state index contributed by atoms with van der Waals surface area (Å²) in [6, 6.07) is 0. The Hall–Kier alpha value is -1.06. The van der Waals surface area contributed by atoms with Gasteiger partial charge >= 0.3 is 0 Å². The van der Waals surface area contributed by atoms with E-state index in [4.69, 9.17) is 20.4 Å². The topological polar surface area (TPSA) is 236 Å². The van der Waals surface area contributed by atoms with Crippen molar-refractivity contribution in [3.05, 3.63) is 0 Å². The van der Waals surface area contributed by atoms with Crippen molar-refractivity contribution in [2.75, 3.05) is 13.2 Å². The summed E-state index contributed by atoms with van der Waals surface area (Å²) >= 11 is 0. The molecule has 0 spiro atoms. The second-order valence-electron chi connectivity index (χ2n) is 5.17. The van der Waals surface area contributed by atoms with Gasteiger partial charge in [-0.05, 0) is 0 Å². The van der Waals surface area contributed by atoms with Crippen LogP contribution in [0, 0.1) is 0 Å². The van der Waals surface area contributed by atoms with Crippen molar-refractivity contribution in [1.82, 2.24) is 0 Å². The zero-order valence-corrected chi connectivity index (χ0v) is 12.3. The van der Waals surface area contributed by atoms with Crippen LogP contribution in [0.15, 0.2) is 0 Å². The van der Waals surface area contributed by atoms with E-state index in [0.29, 0.717) is 0 Å². The Bertz CT molecular complexity index is 417. The van der Waals surface area contributed by atoms with Gasteiger partial charge in [0.25, 0.3) is 0 Å². The SMILES string of the molecule is O=C[C@](O)(C(=O)[C@@H](O)[C@@H](O)[C@H](O)[C@H](O)CO)[C@@H](O)[C@H](O)[C@H](O)CO. The third kappa shape index (κ3) is 4.73. The molecular weight excluding hydrogens is 336 g/mol. The molecular formula is C12H22O12. The first-order valence-electron chi connectivity index (χ1n) is 6.70. The second kappa shape index (κ2) is 9.43. The summed E-state index contributed by atoms with van der Waals surface area (Å²) in [5.74, 6) is -1.97. The van der Waals surface area contributed by atoms with Crippen LogP contribution in [-0.4, -0.2) is 125 Å². The minimum absolute atomic E-state index is 0.585. The van der Waals surface area contributed by atoms with Gasteiger partial charge in [0.15, 0.2) is 6.29 Å². The monoisotopic (exact) mass is 358 g/mol. The van der Waals surface area contributed by atoms with Crippen molar-refractivity contribution >= 4 is 12.1 Å². The van der Waals surface area contributed by atoms with Gasteiger partial charge in [0.1, 0.15) is 42.7 Å².